The van der Waals surface area contributed by atoms with Gasteiger partial charge in [0.1, 0.15) is 12.4 Å². The molecule has 1 N–H and O–H groups in total. The van der Waals surface area contributed by atoms with Gasteiger partial charge in [0.25, 0.3) is 0 Å². The third-order valence-corrected chi connectivity index (χ3v) is 4.23. The Hall–Kier alpha value is -2.43. The summed E-state index contributed by atoms with van der Waals surface area (Å²) in [4.78, 5) is 39.1. The molecule has 0 bridgehead atoms. The van der Waals surface area contributed by atoms with Crippen molar-refractivity contribution in [2.75, 3.05) is 0 Å². The van der Waals surface area contributed by atoms with Crippen molar-refractivity contribution in [3.63, 3.8) is 0 Å². The number of nitro groups is 3. The summed E-state index contributed by atoms with van der Waals surface area (Å²) < 4.78 is 0. The number of hydrogen-bond donors (Lipinski definition) is 1. The van der Waals surface area contributed by atoms with Gasteiger partial charge in [-0.3, -0.25) is 35.1 Å². The fourth-order valence-corrected chi connectivity index (χ4v) is 1.29. The maximum Gasteiger partial charge on any atom is 0.242 e. The molecule has 2 unspecified atom stereocenters. The number of carbonyl (C=O) groups is 1. The number of carbonyl (C=O) groups excluding carboxylic acids is 1. The number of rotatable bonds is 8. The minimum Gasteiger partial charge on any atom is -0.386 e. The average molecular weight is 407 g/mol. The van der Waals surface area contributed by atoms with Crippen LogP contribution in [0.5, 0.6) is 0 Å². The molecule has 164 valence electrons. The second-order valence-electron chi connectivity index (χ2n) is 7.52. The van der Waals surface area contributed by atoms with E-state index in [9.17, 15) is 40.2 Å². The van der Waals surface area contributed by atoms with Crippen LogP contribution in [0.25, 0.3) is 0 Å². The summed E-state index contributed by atoms with van der Waals surface area (Å²) in [6.45, 7) is 12.0. The topological polar surface area (TPSA) is 167 Å². The SMILES string of the molecule is C/C=C/C=O.CC(C)[N+](=O)[O-].CC(CC(O)C(C)(C)[N+](=O)[O-])C(C)(C)[N+](=O)[O-]. The zero-order chi connectivity index (χ0) is 23.3. The highest BCUT2D eigenvalue weighted by Crippen LogP contribution is 2.28. The van der Waals surface area contributed by atoms with Crippen molar-refractivity contribution < 1.29 is 24.7 Å². The van der Waals surface area contributed by atoms with Crippen LogP contribution in [0.1, 0.15) is 61.8 Å². The minimum atomic E-state index is -1.50. The highest BCUT2D eigenvalue weighted by Gasteiger charge is 2.45. The zero-order valence-corrected chi connectivity index (χ0v) is 17.8. The Morgan fingerprint density at radius 3 is 1.46 bits per heavy atom. The maximum absolute atomic E-state index is 10.8. The van der Waals surface area contributed by atoms with E-state index in [1.807, 2.05) is 0 Å². The first-order valence-corrected chi connectivity index (χ1v) is 8.66. The molecule has 0 saturated carbocycles. The molecule has 0 aromatic heterocycles. The van der Waals surface area contributed by atoms with Crippen LogP contribution in [-0.2, 0) is 4.79 Å². The van der Waals surface area contributed by atoms with Gasteiger partial charge in [-0.1, -0.05) is 13.0 Å². The number of hydrogen-bond acceptors (Lipinski definition) is 8. The summed E-state index contributed by atoms with van der Waals surface area (Å²) >= 11 is 0. The molecule has 0 amide bonds. The smallest absolute Gasteiger partial charge is 0.242 e. The molecule has 11 nitrogen and oxygen atoms in total. The van der Waals surface area contributed by atoms with E-state index in [0.717, 1.165) is 6.29 Å². The molecule has 0 saturated heterocycles. The molecule has 2 atom stereocenters. The van der Waals surface area contributed by atoms with Crippen molar-refractivity contribution in [2.24, 2.45) is 5.92 Å². The molecule has 0 aliphatic carbocycles. The molecule has 28 heavy (non-hydrogen) atoms. The molecule has 0 spiro atoms. The van der Waals surface area contributed by atoms with Crippen LogP contribution >= 0.6 is 0 Å². The molecule has 0 aliphatic rings. The van der Waals surface area contributed by atoms with Gasteiger partial charge in [-0.05, 0) is 19.4 Å². The lowest BCUT2D eigenvalue weighted by atomic mass is 9.81. The van der Waals surface area contributed by atoms with Gasteiger partial charge in [-0.2, -0.15) is 0 Å². The van der Waals surface area contributed by atoms with E-state index in [0.29, 0.717) is 0 Å². The van der Waals surface area contributed by atoms with Crippen LogP contribution in [0.3, 0.4) is 0 Å². The number of aliphatic hydroxyl groups is 1. The van der Waals surface area contributed by atoms with Crippen LogP contribution in [0.2, 0.25) is 0 Å². The molecule has 0 heterocycles. The Labute approximate surface area is 165 Å². The lowest BCUT2D eigenvalue weighted by Gasteiger charge is -2.28. The van der Waals surface area contributed by atoms with Gasteiger partial charge in [-0.15, -0.1) is 0 Å². The van der Waals surface area contributed by atoms with E-state index in [4.69, 9.17) is 0 Å². The quantitative estimate of drug-likeness (QED) is 0.277. The predicted octanol–water partition coefficient (Wildman–Crippen LogP) is 2.92. The zero-order valence-electron chi connectivity index (χ0n) is 17.8. The van der Waals surface area contributed by atoms with E-state index in [-0.39, 0.29) is 11.3 Å². The Bertz CT molecular complexity index is 515. The van der Waals surface area contributed by atoms with Gasteiger partial charge in [0.2, 0.25) is 17.1 Å². The van der Waals surface area contributed by atoms with Gasteiger partial charge in [0.05, 0.1) is 0 Å². The lowest BCUT2D eigenvalue weighted by molar-refractivity contribution is -0.581. The molecule has 0 radical (unpaired) electrons. The largest absolute Gasteiger partial charge is 0.386 e. The molecule has 0 aliphatic heterocycles. The van der Waals surface area contributed by atoms with E-state index in [1.165, 1.54) is 33.8 Å². The number of allylic oxidation sites excluding steroid dienone is 2. The highest BCUT2D eigenvalue weighted by molar-refractivity contribution is 5.64. The average Bonchev–Trinajstić information content (AvgIpc) is 2.55. The first-order chi connectivity index (χ1) is 12.5. The second-order valence-corrected chi connectivity index (χ2v) is 7.52. The first-order valence-electron chi connectivity index (χ1n) is 8.66. The van der Waals surface area contributed by atoms with Gasteiger partial charge < -0.3 is 5.11 Å². The molecular formula is C17H33N3O8. The van der Waals surface area contributed by atoms with Gasteiger partial charge in [0, 0.05) is 62.2 Å². The minimum absolute atomic E-state index is 0.0158. The van der Waals surface area contributed by atoms with Crippen LogP contribution in [0, 0.1) is 36.3 Å². The van der Waals surface area contributed by atoms with Crippen molar-refractivity contribution in [2.45, 2.75) is 85.0 Å². The number of nitrogens with zero attached hydrogens (tertiary/aromatic N) is 3. The molecule has 0 fully saturated rings. The fraction of sp³-hybridized carbons (Fsp3) is 0.824. The monoisotopic (exact) mass is 407 g/mol. The molecule has 0 aromatic rings. The Kier molecular flexibility index (Phi) is 14.8. The van der Waals surface area contributed by atoms with Crippen molar-refractivity contribution in [1.82, 2.24) is 0 Å². The Balaban J connectivity index is -0.000000464. The van der Waals surface area contributed by atoms with Crippen LogP contribution in [-0.4, -0.2) is 49.4 Å². The second kappa shape index (κ2) is 13.7. The molecular weight excluding hydrogens is 374 g/mol. The lowest BCUT2D eigenvalue weighted by Crippen LogP contribution is -2.47. The third kappa shape index (κ3) is 12.0. The molecule has 0 rings (SSSR count). The van der Waals surface area contributed by atoms with E-state index < -0.39 is 39.0 Å². The normalized spacial score (nSPS) is 13.5. The fourth-order valence-electron chi connectivity index (χ4n) is 1.29. The van der Waals surface area contributed by atoms with E-state index >= 15 is 0 Å². The summed E-state index contributed by atoms with van der Waals surface area (Å²) in [7, 11) is 0. The summed E-state index contributed by atoms with van der Waals surface area (Å²) in [5, 5.41) is 40.9. The molecule has 0 aromatic carbocycles. The summed E-state index contributed by atoms with van der Waals surface area (Å²) in [5.74, 6) is -0.466. The van der Waals surface area contributed by atoms with Gasteiger partial charge in [-0.25, -0.2) is 0 Å². The van der Waals surface area contributed by atoms with E-state index in [2.05, 4.69) is 0 Å². The number of aliphatic hydroxyl groups excluding tert-OH is 1. The number of aldehydes is 1. The van der Waals surface area contributed by atoms with Crippen molar-refractivity contribution >= 4 is 6.29 Å². The van der Waals surface area contributed by atoms with E-state index in [1.54, 1.807) is 33.8 Å². The highest BCUT2D eigenvalue weighted by atomic mass is 16.6. The summed E-state index contributed by atoms with van der Waals surface area (Å²) in [5.41, 5.74) is -2.71. The predicted molar refractivity (Wildman–Crippen MR) is 105 cm³/mol. The third-order valence-electron chi connectivity index (χ3n) is 4.23. The maximum atomic E-state index is 10.8. The van der Waals surface area contributed by atoms with Crippen molar-refractivity contribution in [3.05, 3.63) is 42.5 Å². The summed E-state index contributed by atoms with van der Waals surface area (Å²) in [6, 6.07) is -0.426. The Morgan fingerprint density at radius 2 is 1.29 bits per heavy atom. The Morgan fingerprint density at radius 1 is 0.929 bits per heavy atom. The van der Waals surface area contributed by atoms with Crippen LogP contribution in [0.15, 0.2) is 12.2 Å². The standard InChI is InChI=1S/C10H20N2O5.C4H6O.C3H7NO2/c1-7(9(2,3)11(14)15)6-8(13)10(4,5)12(16)17;1-2-3-4-5;1-3(2)4(5)6/h7-8,13H,6H2,1-5H3;2-4H,1H3;3H,1-2H3/b;3-2+;. The van der Waals surface area contributed by atoms with Gasteiger partial charge >= 0.3 is 0 Å². The van der Waals surface area contributed by atoms with Crippen LogP contribution in [0.4, 0.5) is 0 Å². The molecule has 11 heteroatoms. The summed E-state index contributed by atoms with van der Waals surface area (Å²) in [6.07, 6.45) is 2.68. The van der Waals surface area contributed by atoms with Crippen LogP contribution < -0.4 is 0 Å². The first kappa shape index (κ1) is 30.3. The van der Waals surface area contributed by atoms with Crippen molar-refractivity contribution in [3.8, 4) is 0 Å². The van der Waals surface area contributed by atoms with Crippen molar-refractivity contribution in [1.29, 1.82) is 0 Å². The van der Waals surface area contributed by atoms with Gasteiger partial charge in [0.15, 0.2) is 0 Å².